The molecule has 174 valence electrons. The highest BCUT2D eigenvalue weighted by Gasteiger charge is 2.42. The normalized spacial score (nSPS) is 19.3. The molecule has 0 spiro atoms. The first-order valence-corrected chi connectivity index (χ1v) is 12.4. The monoisotopic (exact) mass is 493 g/mol. The number of thioether (sulfide) groups is 1. The van der Waals surface area contributed by atoms with Crippen LogP contribution in [-0.2, 0) is 27.3 Å². The van der Waals surface area contributed by atoms with Crippen LogP contribution in [0, 0.1) is 0 Å². The SMILES string of the molecule is COC(=O)C1=C(C)N=C2SC=C(CC(=O)N3CCc4ccccc4C3)N2[C@@H]1c1ccccc1Cl. The molecule has 0 bridgehead atoms. The van der Waals surface area contributed by atoms with Gasteiger partial charge in [-0.3, -0.25) is 4.79 Å². The van der Waals surface area contributed by atoms with Crippen LogP contribution in [0.4, 0.5) is 0 Å². The van der Waals surface area contributed by atoms with Crippen molar-refractivity contribution in [3.05, 3.63) is 92.6 Å². The molecule has 3 aliphatic rings. The number of allylic oxidation sites excluding steroid dienone is 1. The van der Waals surface area contributed by atoms with E-state index >= 15 is 0 Å². The molecule has 0 saturated carbocycles. The van der Waals surface area contributed by atoms with Crippen LogP contribution in [-0.4, -0.2) is 40.5 Å². The number of methoxy groups -OCH3 is 1. The number of aliphatic imine (C=N–C) groups is 1. The Bertz CT molecular complexity index is 1270. The molecule has 3 aliphatic heterocycles. The summed E-state index contributed by atoms with van der Waals surface area (Å²) in [5.41, 5.74) is 5.07. The molecule has 0 unspecified atom stereocenters. The smallest absolute Gasteiger partial charge is 0.338 e. The fraction of sp³-hybridized carbons (Fsp3) is 0.269. The minimum Gasteiger partial charge on any atom is -0.466 e. The summed E-state index contributed by atoms with van der Waals surface area (Å²) in [6.45, 7) is 3.10. The summed E-state index contributed by atoms with van der Waals surface area (Å²) in [7, 11) is 1.36. The maximum atomic E-state index is 13.4. The zero-order valence-electron chi connectivity index (χ0n) is 19.0. The summed E-state index contributed by atoms with van der Waals surface area (Å²) < 4.78 is 5.11. The van der Waals surface area contributed by atoms with Gasteiger partial charge in [-0.15, -0.1) is 0 Å². The van der Waals surface area contributed by atoms with Gasteiger partial charge in [-0.25, -0.2) is 9.79 Å². The van der Waals surface area contributed by atoms with E-state index in [1.165, 1.54) is 30.0 Å². The Morgan fingerprint density at radius 1 is 1.15 bits per heavy atom. The number of amidine groups is 1. The number of nitrogens with zero attached hydrogens (tertiary/aromatic N) is 3. The number of halogens is 1. The maximum Gasteiger partial charge on any atom is 0.338 e. The van der Waals surface area contributed by atoms with Gasteiger partial charge in [0.15, 0.2) is 5.17 Å². The lowest BCUT2D eigenvalue weighted by molar-refractivity contribution is -0.136. The molecule has 0 aliphatic carbocycles. The van der Waals surface area contributed by atoms with Crippen LogP contribution in [0.2, 0.25) is 5.02 Å². The summed E-state index contributed by atoms with van der Waals surface area (Å²) >= 11 is 8.04. The van der Waals surface area contributed by atoms with E-state index in [2.05, 4.69) is 17.1 Å². The molecule has 1 amide bonds. The van der Waals surface area contributed by atoms with Gasteiger partial charge in [-0.2, -0.15) is 0 Å². The van der Waals surface area contributed by atoms with E-state index in [4.69, 9.17) is 16.3 Å². The number of carbonyl (C=O) groups is 2. The molecule has 6 nitrogen and oxygen atoms in total. The van der Waals surface area contributed by atoms with Gasteiger partial charge in [0, 0.05) is 23.8 Å². The van der Waals surface area contributed by atoms with E-state index in [1.807, 2.05) is 45.5 Å². The minimum absolute atomic E-state index is 0.0476. The standard InChI is InChI=1S/C26H24ClN3O3S/c1-16-23(25(32)33-2)24(20-9-5-6-10-21(20)27)30-19(15-34-26(30)28-16)13-22(31)29-12-11-17-7-3-4-8-18(17)14-29/h3-10,15,24H,11-14H2,1-2H3/t24-/m1/s1. The average Bonchev–Trinajstić information content (AvgIpc) is 3.24. The third kappa shape index (κ3) is 4.03. The van der Waals surface area contributed by atoms with E-state index in [9.17, 15) is 9.59 Å². The molecule has 2 aromatic carbocycles. The molecule has 34 heavy (non-hydrogen) atoms. The first kappa shape index (κ1) is 22.7. The van der Waals surface area contributed by atoms with Crippen molar-refractivity contribution in [1.29, 1.82) is 0 Å². The lowest BCUT2D eigenvalue weighted by Gasteiger charge is -2.37. The molecular weight excluding hydrogens is 470 g/mol. The second-order valence-corrected chi connectivity index (χ2v) is 9.66. The predicted octanol–water partition coefficient (Wildman–Crippen LogP) is 5.06. The molecule has 3 heterocycles. The Morgan fingerprint density at radius 3 is 2.65 bits per heavy atom. The van der Waals surface area contributed by atoms with Crippen LogP contribution in [0.25, 0.3) is 0 Å². The van der Waals surface area contributed by atoms with Gasteiger partial charge in [-0.05, 0) is 41.5 Å². The Morgan fingerprint density at radius 2 is 1.88 bits per heavy atom. The third-order valence-corrected chi connectivity index (χ3v) is 7.65. The number of hydrogen-bond acceptors (Lipinski definition) is 6. The molecule has 0 aromatic heterocycles. The Hall–Kier alpha value is -3.03. The molecule has 0 radical (unpaired) electrons. The zero-order valence-corrected chi connectivity index (χ0v) is 20.5. The van der Waals surface area contributed by atoms with Crippen molar-refractivity contribution in [1.82, 2.24) is 9.80 Å². The molecule has 0 fully saturated rings. The van der Waals surface area contributed by atoms with Crippen LogP contribution in [0.15, 0.2) is 75.9 Å². The summed E-state index contributed by atoms with van der Waals surface area (Å²) in [5, 5.41) is 3.21. The van der Waals surface area contributed by atoms with Crippen molar-refractivity contribution in [3.63, 3.8) is 0 Å². The average molecular weight is 494 g/mol. The van der Waals surface area contributed by atoms with Crippen molar-refractivity contribution >= 4 is 40.4 Å². The lowest BCUT2D eigenvalue weighted by Crippen LogP contribution is -2.40. The van der Waals surface area contributed by atoms with Crippen LogP contribution in [0.1, 0.15) is 36.1 Å². The number of ether oxygens (including phenoxy) is 1. The second kappa shape index (κ2) is 9.31. The third-order valence-electron chi connectivity index (χ3n) is 6.42. The number of amides is 1. The number of carbonyl (C=O) groups excluding carboxylic acids is 2. The minimum atomic E-state index is -0.523. The van der Waals surface area contributed by atoms with Gasteiger partial charge in [0.05, 0.1) is 30.8 Å². The first-order valence-electron chi connectivity index (χ1n) is 11.1. The highest BCUT2D eigenvalue weighted by atomic mass is 35.5. The van der Waals surface area contributed by atoms with Crippen LogP contribution < -0.4 is 0 Å². The van der Waals surface area contributed by atoms with Crippen molar-refractivity contribution in [2.24, 2.45) is 4.99 Å². The summed E-state index contributed by atoms with van der Waals surface area (Å²) in [4.78, 5) is 34.7. The van der Waals surface area contributed by atoms with Crippen molar-refractivity contribution < 1.29 is 14.3 Å². The Balaban J connectivity index is 1.46. The van der Waals surface area contributed by atoms with Gasteiger partial charge >= 0.3 is 5.97 Å². The van der Waals surface area contributed by atoms with Crippen LogP contribution in [0.5, 0.6) is 0 Å². The van der Waals surface area contributed by atoms with E-state index in [-0.39, 0.29) is 12.3 Å². The number of fused-ring (bicyclic) bond motifs is 2. The summed E-state index contributed by atoms with van der Waals surface area (Å²) in [6, 6.07) is 15.2. The highest BCUT2D eigenvalue weighted by molar-refractivity contribution is 8.16. The molecular formula is C26H24ClN3O3S. The molecule has 2 aromatic rings. The van der Waals surface area contributed by atoms with Crippen LogP contribution in [0.3, 0.4) is 0 Å². The number of rotatable bonds is 4. The maximum absolute atomic E-state index is 13.4. The summed E-state index contributed by atoms with van der Waals surface area (Å²) in [6.07, 6.45) is 1.06. The van der Waals surface area contributed by atoms with Gasteiger partial charge in [-0.1, -0.05) is 65.8 Å². The first-order chi connectivity index (χ1) is 16.5. The molecule has 5 rings (SSSR count). The summed E-state index contributed by atoms with van der Waals surface area (Å²) in [5.74, 6) is -0.410. The number of benzene rings is 2. The van der Waals surface area contributed by atoms with E-state index in [1.54, 1.807) is 13.0 Å². The molecule has 8 heteroatoms. The fourth-order valence-corrected chi connectivity index (χ4v) is 5.91. The second-order valence-electron chi connectivity index (χ2n) is 8.42. The topological polar surface area (TPSA) is 62.2 Å². The predicted molar refractivity (Wildman–Crippen MR) is 134 cm³/mol. The van der Waals surface area contributed by atoms with Crippen molar-refractivity contribution in [2.45, 2.75) is 32.4 Å². The lowest BCUT2D eigenvalue weighted by atomic mass is 9.93. The van der Waals surface area contributed by atoms with E-state index in [0.717, 1.165) is 22.8 Å². The van der Waals surface area contributed by atoms with Gasteiger partial charge in [0.2, 0.25) is 5.91 Å². The Labute approximate surface area is 207 Å². The molecule has 1 atom stereocenters. The van der Waals surface area contributed by atoms with Gasteiger partial charge in [0.1, 0.15) is 0 Å². The Kier molecular flexibility index (Phi) is 6.23. The van der Waals surface area contributed by atoms with Crippen LogP contribution >= 0.6 is 23.4 Å². The van der Waals surface area contributed by atoms with E-state index in [0.29, 0.717) is 29.4 Å². The van der Waals surface area contributed by atoms with Gasteiger partial charge in [0.25, 0.3) is 0 Å². The quantitative estimate of drug-likeness (QED) is 0.557. The number of esters is 1. The van der Waals surface area contributed by atoms with Crippen molar-refractivity contribution in [2.75, 3.05) is 13.7 Å². The van der Waals surface area contributed by atoms with Crippen molar-refractivity contribution in [3.8, 4) is 0 Å². The zero-order chi connectivity index (χ0) is 23.8. The fourth-order valence-electron chi connectivity index (χ4n) is 4.71. The number of hydrogen-bond donors (Lipinski definition) is 0. The molecule has 0 N–H and O–H groups in total. The van der Waals surface area contributed by atoms with E-state index < -0.39 is 12.0 Å². The largest absolute Gasteiger partial charge is 0.466 e. The highest BCUT2D eigenvalue weighted by Crippen LogP contribution is 2.46. The molecule has 0 saturated heterocycles. The van der Waals surface area contributed by atoms with Gasteiger partial charge < -0.3 is 14.5 Å².